The summed E-state index contributed by atoms with van der Waals surface area (Å²) in [6.45, 7) is 5.36. The van der Waals surface area contributed by atoms with E-state index in [2.05, 4.69) is 10.2 Å². The Morgan fingerprint density at radius 1 is 1.36 bits per heavy atom. The highest BCUT2D eigenvalue weighted by Crippen LogP contribution is 2.23. The van der Waals surface area contributed by atoms with Crippen LogP contribution in [0.3, 0.4) is 0 Å². The van der Waals surface area contributed by atoms with Gasteiger partial charge in [-0.3, -0.25) is 9.69 Å². The number of morpholine rings is 1. The smallest absolute Gasteiger partial charge is 0.236 e. The molecule has 22 heavy (non-hydrogen) atoms. The fraction of sp³-hybridized carbons (Fsp3) is 0.562. The number of benzene rings is 1. The molecule has 0 aliphatic carbocycles. The Balaban J connectivity index is 2.10. The number of ether oxygens (including phenoxy) is 2. The van der Waals surface area contributed by atoms with Crippen LogP contribution in [0.1, 0.15) is 18.5 Å². The van der Waals surface area contributed by atoms with E-state index in [9.17, 15) is 4.79 Å². The van der Waals surface area contributed by atoms with E-state index in [1.807, 2.05) is 24.3 Å². The maximum atomic E-state index is 11.8. The molecule has 1 heterocycles. The molecule has 6 heteroatoms. The van der Waals surface area contributed by atoms with Crippen molar-refractivity contribution in [3.05, 3.63) is 29.8 Å². The monoisotopic (exact) mass is 307 g/mol. The van der Waals surface area contributed by atoms with Gasteiger partial charge >= 0.3 is 0 Å². The standard InChI is InChI=1S/C16H25N3O3/c1-12(17)16(20)18-11-15(19-7-9-22-10-8-19)13-3-5-14(21-2)6-4-13/h3-6,12,15H,7-11,17H2,1-2H3,(H,18,20). The molecule has 1 aliphatic rings. The highest BCUT2D eigenvalue weighted by molar-refractivity contribution is 5.80. The lowest BCUT2D eigenvalue weighted by Crippen LogP contribution is -2.46. The van der Waals surface area contributed by atoms with Crippen molar-refractivity contribution in [3.8, 4) is 5.75 Å². The first-order valence-electron chi connectivity index (χ1n) is 7.61. The molecule has 3 N–H and O–H groups in total. The van der Waals surface area contributed by atoms with Crippen LogP contribution in [-0.2, 0) is 9.53 Å². The van der Waals surface area contributed by atoms with Gasteiger partial charge in [-0.05, 0) is 24.6 Å². The Labute approximate surface area is 131 Å². The van der Waals surface area contributed by atoms with Crippen LogP contribution in [0.2, 0.25) is 0 Å². The van der Waals surface area contributed by atoms with Crippen molar-refractivity contribution in [1.29, 1.82) is 0 Å². The van der Waals surface area contributed by atoms with Crippen molar-refractivity contribution in [3.63, 3.8) is 0 Å². The number of rotatable bonds is 6. The third kappa shape index (κ3) is 4.43. The van der Waals surface area contributed by atoms with Crippen LogP contribution in [0.4, 0.5) is 0 Å². The van der Waals surface area contributed by atoms with Crippen molar-refractivity contribution >= 4 is 5.91 Å². The van der Waals surface area contributed by atoms with E-state index in [1.165, 1.54) is 0 Å². The van der Waals surface area contributed by atoms with E-state index >= 15 is 0 Å². The Kier molecular flexibility index (Phi) is 6.18. The number of nitrogens with zero attached hydrogens (tertiary/aromatic N) is 1. The zero-order valence-corrected chi connectivity index (χ0v) is 13.2. The van der Waals surface area contributed by atoms with E-state index in [0.29, 0.717) is 19.8 Å². The summed E-state index contributed by atoms with van der Waals surface area (Å²) in [6.07, 6.45) is 0. The van der Waals surface area contributed by atoms with Gasteiger partial charge in [0.15, 0.2) is 0 Å². The molecule has 1 fully saturated rings. The molecule has 0 bridgehead atoms. The highest BCUT2D eigenvalue weighted by Gasteiger charge is 2.23. The molecule has 122 valence electrons. The van der Waals surface area contributed by atoms with Gasteiger partial charge in [0.25, 0.3) is 0 Å². The number of carbonyl (C=O) groups excluding carboxylic acids is 1. The van der Waals surface area contributed by atoms with Gasteiger partial charge in [-0.25, -0.2) is 0 Å². The Bertz CT molecular complexity index is 470. The van der Waals surface area contributed by atoms with Crippen molar-refractivity contribution in [2.24, 2.45) is 5.73 Å². The molecule has 2 rings (SSSR count). The number of carbonyl (C=O) groups is 1. The lowest BCUT2D eigenvalue weighted by atomic mass is 10.0. The summed E-state index contributed by atoms with van der Waals surface area (Å²) < 4.78 is 10.6. The second-order valence-electron chi connectivity index (χ2n) is 5.47. The zero-order valence-electron chi connectivity index (χ0n) is 13.2. The quantitative estimate of drug-likeness (QED) is 0.802. The van der Waals surface area contributed by atoms with Crippen LogP contribution < -0.4 is 15.8 Å². The van der Waals surface area contributed by atoms with Crippen LogP contribution in [0, 0.1) is 0 Å². The molecule has 2 unspecified atom stereocenters. The van der Waals surface area contributed by atoms with Crippen LogP contribution in [0.15, 0.2) is 24.3 Å². The SMILES string of the molecule is COc1ccc(C(CNC(=O)C(C)N)N2CCOCC2)cc1. The van der Waals surface area contributed by atoms with Crippen molar-refractivity contribution in [2.75, 3.05) is 40.0 Å². The summed E-state index contributed by atoms with van der Waals surface area (Å²) in [6, 6.07) is 7.57. The molecular weight excluding hydrogens is 282 g/mol. The van der Waals surface area contributed by atoms with Crippen molar-refractivity contribution in [1.82, 2.24) is 10.2 Å². The van der Waals surface area contributed by atoms with Gasteiger partial charge < -0.3 is 20.5 Å². The highest BCUT2D eigenvalue weighted by atomic mass is 16.5. The fourth-order valence-electron chi connectivity index (χ4n) is 2.53. The molecule has 2 atom stereocenters. The summed E-state index contributed by atoms with van der Waals surface area (Å²) in [5.41, 5.74) is 6.76. The molecule has 0 radical (unpaired) electrons. The number of hydrogen-bond acceptors (Lipinski definition) is 5. The van der Waals surface area contributed by atoms with Crippen LogP contribution in [0.5, 0.6) is 5.75 Å². The molecule has 1 saturated heterocycles. The van der Waals surface area contributed by atoms with Crippen LogP contribution in [-0.4, -0.2) is 56.8 Å². The second-order valence-corrected chi connectivity index (χ2v) is 5.47. The van der Waals surface area contributed by atoms with Crippen LogP contribution >= 0.6 is 0 Å². The van der Waals surface area contributed by atoms with Gasteiger partial charge in [-0.1, -0.05) is 12.1 Å². The second kappa shape index (κ2) is 8.12. The molecule has 1 aromatic rings. The molecule has 6 nitrogen and oxygen atoms in total. The molecule has 0 spiro atoms. The Morgan fingerprint density at radius 2 is 2.00 bits per heavy atom. The number of methoxy groups -OCH3 is 1. The average Bonchev–Trinajstić information content (AvgIpc) is 2.56. The third-order valence-corrected chi connectivity index (χ3v) is 3.87. The van der Waals surface area contributed by atoms with E-state index < -0.39 is 6.04 Å². The lowest BCUT2D eigenvalue weighted by molar-refractivity contribution is -0.122. The summed E-state index contributed by atoms with van der Waals surface area (Å²) in [5, 5.41) is 2.93. The minimum Gasteiger partial charge on any atom is -0.497 e. The third-order valence-electron chi connectivity index (χ3n) is 3.87. The van der Waals surface area contributed by atoms with Crippen molar-refractivity contribution < 1.29 is 14.3 Å². The maximum absolute atomic E-state index is 11.8. The lowest BCUT2D eigenvalue weighted by Gasteiger charge is -2.35. The van der Waals surface area contributed by atoms with Crippen LogP contribution in [0.25, 0.3) is 0 Å². The Morgan fingerprint density at radius 3 is 2.55 bits per heavy atom. The fourth-order valence-corrected chi connectivity index (χ4v) is 2.53. The van der Waals surface area contributed by atoms with E-state index in [-0.39, 0.29) is 11.9 Å². The topological polar surface area (TPSA) is 76.8 Å². The largest absolute Gasteiger partial charge is 0.497 e. The van der Waals surface area contributed by atoms with E-state index in [4.69, 9.17) is 15.2 Å². The van der Waals surface area contributed by atoms with E-state index in [1.54, 1.807) is 14.0 Å². The molecule has 1 amide bonds. The molecular formula is C16H25N3O3. The zero-order chi connectivity index (χ0) is 15.9. The minimum atomic E-state index is -0.499. The van der Waals surface area contributed by atoms with Gasteiger partial charge in [0.2, 0.25) is 5.91 Å². The molecule has 0 saturated carbocycles. The average molecular weight is 307 g/mol. The summed E-state index contributed by atoms with van der Waals surface area (Å²) >= 11 is 0. The molecule has 1 aliphatic heterocycles. The predicted molar refractivity (Wildman–Crippen MR) is 84.8 cm³/mol. The normalized spacial score (nSPS) is 18.5. The number of nitrogens with one attached hydrogen (secondary N) is 1. The maximum Gasteiger partial charge on any atom is 0.236 e. The molecule has 0 aromatic heterocycles. The summed E-state index contributed by atoms with van der Waals surface area (Å²) in [5.74, 6) is 0.691. The van der Waals surface area contributed by atoms with Gasteiger partial charge in [0, 0.05) is 19.6 Å². The van der Waals surface area contributed by atoms with E-state index in [0.717, 1.165) is 24.4 Å². The summed E-state index contributed by atoms with van der Waals surface area (Å²) in [7, 11) is 1.65. The van der Waals surface area contributed by atoms with Gasteiger partial charge in [0.1, 0.15) is 5.75 Å². The van der Waals surface area contributed by atoms with Crippen molar-refractivity contribution in [2.45, 2.75) is 19.0 Å². The van der Waals surface area contributed by atoms with Gasteiger partial charge in [-0.15, -0.1) is 0 Å². The minimum absolute atomic E-state index is 0.109. The number of hydrogen-bond donors (Lipinski definition) is 2. The predicted octanol–water partition coefficient (Wildman–Crippen LogP) is 0.532. The Hall–Kier alpha value is -1.63. The first-order chi connectivity index (χ1) is 10.6. The molecule has 1 aromatic carbocycles. The number of nitrogens with two attached hydrogens (primary N) is 1. The van der Waals surface area contributed by atoms with Gasteiger partial charge in [-0.2, -0.15) is 0 Å². The van der Waals surface area contributed by atoms with Gasteiger partial charge in [0.05, 0.1) is 32.4 Å². The first kappa shape index (κ1) is 16.7. The number of amides is 1. The summed E-state index contributed by atoms with van der Waals surface area (Å²) in [4.78, 5) is 14.1. The first-order valence-corrected chi connectivity index (χ1v) is 7.61.